The highest BCUT2D eigenvalue weighted by molar-refractivity contribution is 6.35. The van der Waals surface area contributed by atoms with Gasteiger partial charge in [0.2, 0.25) is 0 Å². The van der Waals surface area contributed by atoms with Crippen molar-refractivity contribution < 1.29 is 4.79 Å². The minimum atomic E-state index is 0.0332. The van der Waals surface area contributed by atoms with E-state index in [9.17, 15) is 4.79 Å². The molecule has 3 heteroatoms. The van der Waals surface area contributed by atoms with Crippen LogP contribution in [0.4, 0.5) is 0 Å². The summed E-state index contributed by atoms with van der Waals surface area (Å²) in [6.07, 6.45) is 2.17. The fraction of sp³-hybridized carbons (Fsp3) is 0.400. The molecule has 0 atom stereocenters. The van der Waals surface area contributed by atoms with Crippen LogP contribution in [0.2, 0.25) is 5.15 Å². The van der Waals surface area contributed by atoms with Crippen LogP contribution in [0.5, 0.6) is 0 Å². The third-order valence-electron chi connectivity index (χ3n) is 3.31. The van der Waals surface area contributed by atoms with Gasteiger partial charge < -0.3 is 4.57 Å². The normalized spacial score (nSPS) is 11.1. The minimum absolute atomic E-state index is 0.0332. The highest BCUT2D eigenvalue weighted by Gasteiger charge is 2.19. The number of halogens is 1. The number of aromatic nitrogens is 1. The molecule has 96 valence electrons. The summed E-state index contributed by atoms with van der Waals surface area (Å²) in [7, 11) is 0. The fourth-order valence-corrected chi connectivity index (χ4v) is 2.83. The van der Waals surface area contributed by atoms with Crippen molar-refractivity contribution >= 4 is 28.3 Å². The fourth-order valence-electron chi connectivity index (χ4n) is 2.42. The summed E-state index contributed by atoms with van der Waals surface area (Å²) in [5, 5.41) is 1.56. The minimum Gasteiger partial charge on any atom is -0.331 e. The molecule has 0 N–H and O–H groups in total. The van der Waals surface area contributed by atoms with Crippen LogP contribution < -0.4 is 0 Å². The van der Waals surface area contributed by atoms with Gasteiger partial charge in [-0.05, 0) is 25.8 Å². The van der Waals surface area contributed by atoms with E-state index in [0.717, 1.165) is 35.9 Å². The van der Waals surface area contributed by atoms with Gasteiger partial charge in [0.1, 0.15) is 5.15 Å². The molecule has 0 saturated carbocycles. The number of hydrogen-bond acceptors (Lipinski definition) is 1. The van der Waals surface area contributed by atoms with Gasteiger partial charge >= 0.3 is 0 Å². The Labute approximate surface area is 113 Å². The number of benzene rings is 1. The molecule has 0 spiro atoms. The lowest BCUT2D eigenvalue weighted by molar-refractivity contribution is 0.101. The van der Waals surface area contributed by atoms with Crippen molar-refractivity contribution in [1.29, 1.82) is 0 Å². The third-order valence-corrected chi connectivity index (χ3v) is 3.70. The first kappa shape index (κ1) is 13.2. The molecule has 2 aromatic rings. The first-order chi connectivity index (χ1) is 8.57. The van der Waals surface area contributed by atoms with E-state index < -0.39 is 0 Å². The zero-order valence-electron chi connectivity index (χ0n) is 11.1. The highest BCUT2D eigenvalue weighted by atomic mass is 35.5. The van der Waals surface area contributed by atoms with E-state index in [4.69, 9.17) is 11.6 Å². The molecule has 18 heavy (non-hydrogen) atoms. The highest BCUT2D eigenvalue weighted by Crippen LogP contribution is 2.32. The molecule has 0 bridgehead atoms. The number of ketones is 1. The number of para-hydroxylation sites is 1. The van der Waals surface area contributed by atoms with E-state index in [2.05, 4.69) is 24.5 Å². The number of fused-ring (bicyclic) bond motifs is 1. The molecule has 0 saturated heterocycles. The zero-order valence-corrected chi connectivity index (χ0v) is 11.8. The zero-order chi connectivity index (χ0) is 13.3. The van der Waals surface area contributed by atoms with Crippen molar-refractivity contribution in [1.82, 2.24) is 4.57 Å². The Kier molecular flexibility index (Phi) is 3.76. The van der Waals surface area contributed by atoms with Crippen LogP contribution in [-0.2, 0) is 6.54 Å². The maximum absolute atomic E-state index is 11.8. The molecule has 0 amide bonds. The van der Waals surface area contributed by atoms with Crippen LogP contribution in [0.1, 0.15) is 42.6 Å². The summed E-state index contributed by atoms with van der Waals surface area (Å²) < 4.78 is 2.08. The molecule has 1 aromatic carbocycles. The van der Waals surface area contributed by atoms with Gasteiger partial charge in [-0.1, -0.05) is 43.1 Å². The lowest BCUT2D eigenvalue weighted by Gasteiger charge is -2.07. The molecule has 0 unspecified atom stereocenters. The number of carbonyl (C=O) groups is 1. The second-order valence-corrected chi connectivity index (χ2v) is 5.06. The largest absolute Gasteiger partial charge is 0.331 e. The van der Waals surface area contributed by atoms with Crippen LogP contribution in [0.3, 0.4) is 0 Å². The maximum atomic E-state index is 11.8. The van der Waals surface area contributed by atoms with Crippen LogP contribution in [0, 0.1) is 6.92 Å². The van der Waals surface area contributed by atoms with Gasteiger partial charge in [-0.25, -0.2) is 0 Å². The summed E-state index contributed by atoms with van der Waals surface area (Å²) in [6.45, 7) is 6.65. The number of Topliss-reactive ketones (excluding diaryl/α,β-unsaturated/α-hetero) is 1. The average molecular weight is 264 g/mol. The van der Waals surface area contributed by atoms with E-state index in [1.165, 1.54) is 0 Å². The van der Waals surface area contributed by atoms with Crippen molar-refractivity contribution in [2.45, 2.75) is 40.2 Å². The summed E-state index contributed by atoms with van der Waals surface area (Å²) in [4.78, 5) is 11.8. The molecule has 0 fully saturated rings. The number of nitrogens with zero attached hydrogens (tertiary/aromatic N) is 1. The van der Waals surface area contributed by atoms with E-state index in [0.29, 0.717) is 10.7 Å². The molecule has 2 nitrogen and oxygen atoms in total. The number of unbranched alkanes of at least 4 members (excludes halogenated alkanes) is 1. The number of carbonyl (C=O) groups excluding carboxylic acids is 1. The van der Waals surface area contributed by atoms with E-state index in [1.807, 2.05) is 12.1 Å². The predicted molar refractivity (Wildman–Crippen MR) is 76.6 cm³/mol. The third kappa shape index (κ3) is 2.05. The quantitative estimate of drug-likeness (QED) is 0.739. The number of aryl methyl sites for hydroxylation is 2. The lowest BCUT2D eigenvalue weighted by Crippen LogP contribution is -1.99. The number of rotatable bonds is 4. The van der Waals surface area contributed by atoms with Crippen LogP contribution in [0.25, 0.3) is 10.9 Å². The Hall–Kier alpha value is -1.28. The summed E-state index contributed by atoms with van der Waals surface area (Å²) in [5.41, 5.74) is 2.92. The molecule has 0 aliphatic carbocycles. The van der Waals surface area contributed by atoms with Crippen molar-refractivity contribution in [3.05, 3.63) is 34.5 Å². The molecule has 0 radical (unpaired) electrons. The van der Waals surface area contributed by atoms with E-state index >= 15 is 0 Å². The topological polar surface area (TPSA) is 22.0 Å². The lowest BCUT2D eigenvalue weighted by atomic mass is 10.1. The summed E-state index contributed by atoms with van der Waals surface area (Å²) in [5.74, 6) is 0.0332. The number of hydrogen-bond donors (Lipinski definition) is 0. The van der Waals surface area contributed by atoms with Crippen molar-refractivity contribution in [2.24, 2.45) is 0 Å². The average Bonchev–Trinajstić information content (AvgIpc) is 2.60. The van der Waals surface area contributed by atoms with Crippen molar-refractivity contribution in [3.63, 3.8) is 0 Å². The smallest absolute Gasteiger partial charge is 0.163 e. The Morgan fingerprint density at radius 3 is 2.72 bits per heavy atom. The van der Waals surface area contributed by atoms with Crippen LogP contribution in [0.15, 0.2) is 18.2 Å². The Bertz CT molecular complexity index is 598. The van der Waals surface area contributed by atoms with Crippen molar-refractivity contribution in [2.75, 3.05) is 0 Å². The standard InChI is InChI=1S/C15H18ClNO/c1-4-5-9-17-14-10(2)7-6-8-12(14)13(11(3)18)15(17)16/h6-8H,4-5,9H2,1-3H3. The van der Waals surface area contributed by atoms with Crippen LogP contribution in [-0.4, -0.2) is 10.4 Å². The first-order valence-corrected chi connectivity index (χ1v) is 6.74. The predicted octanol–water partition coefficient (Wildman–Crippen LogP) is 4.61. The summed E-state index contributed by atoms with van der Waals surface area (Å²) >= 11 is 6.40. The molecule has 2 rings (SSSR count). The second kappa shape index (κ2) is 5.15. The van der Waals surface area contributed by atoms with Crippen LogP contribution >= 0.6 is 11.6 Å². The van der Waals surface area contributed by atoms with E-state index in [-0.39, 0.29) is 5.78 Å². The molecular formula is C15H18ClNO. The van der Waals surface area contributed by atoms with Crippen molar-refractivity contribution in [3.8, 4) is 0 Å². The molecule has 0 aliphatic heterocycles. The van der Waals surface area contributed by atoms with Gasteiger partial charge in [0, 0.05) is 11.9 Å². The van der Waals surface area contributed by atoms with Gasteiger partial charge in [0.05, 0.1) is 11.1 Å². The van der Waals surface area contributed by atoms with Gasteiger partial charge in [-0.3, -0.25) is 4.79 Å². The van der Waals surface area contributed by atoms with Gasteiger partial charge in [0.15, 0.2) is 5.78 Å². The Morgan fingerprint density at radius 1 is 1.39 bits per heavy atom. The van der Waals surface area contributed by atoms with E-state index in [1.54, 1.807) is 6.92 Å². The Morgan fingerprint density at radius 2 is 2.11 bits per heavy atom. The van der Waals surface area contributed by atoms with Gasteiger partial charge in [-0.2, -0.15) is 0 Å². The van der Waals surface area contributed by atoms with Gasteiger partial charge in [0.25, 0.3) is 0 Å². The molecular weight excluding hydrogens is 246 g/mol. The molecule has 1 aromatic heterocycles. The summed E-state index contributed by atoms with van der Waals surface area (Å²) in [6, 6.07) is 6.02. The second-order valence-electron chi connectivity index (χ2n) is 4.70. The monoisotopic (exact) mass is 263 g/mol. The first-order valence-electron chi connectivity index (χ1n) is 6.36. The SMILES string of the molecule is CCCCn1c(Cl)c(C(C)=O)c2cccc(C)c21. The molecule has 1 heterocycles. The maximum Gasteiger partial charge on any atom is 0.163 e. The Balaban J connectivity index is 2.75. The molecule has 0 aliphatic rings. The van der Waals surface area contributed by atoms with Gasteiger partial charge in [-0.15, -0.1) is 0 Å².